The monoisotopic (exact) mass is 509 g/mol. The molecular weight excluding hydrogens is 482 g/mol. The summed E-state index contributed by atoms with van der Waals surface area (Å²) < 4.78 is 30.4. The van der Waals surface area contributed by atoms with Gasteiger partial charge in [0.2, 0.25) is 10.0 Å². The Morgan fingerprint density at radius 2 is 1.83 bits per heavy atom. The van der Waals surface area contributed by atoms with E-state index in [1.54, 1.807) is 29.1 Å². The Bertz CT molecular complexity index is 1370. The Morgan fingerprint density at radius 3 is 2.47 bits per heavy atom. The first-order chi connectivity index (χ1) is 17.3. The highest BCUT2D eigenvalue weighted by Gasteiger charge is 2.21. The fraction of sp³-hybridized carbons (Fsp3) is 0.240. The molecule has 0 aliphatic carbocycles. The first kappa shape index (κ1) is 25.3. The molecule has 0 spiro atoms. The Labute approximate surface area is 209 Å². The van der Waals surface area contributed by atoms with E-state index in [1.807, 2.05) is 47.5 Å². The van der Waals surface area contributed by atoms with E-state index >= 15 is 0 Å². The number of carboxylic acids is 1. The summed E-state index contributed by atoms with van der Waals surface area (Å²) in [6.07, 6.45) is 4.05. The molecule has 2 heterocycles. The average molecular weight is 510 g/mol. The molecule has 10 nitrogen and oxygen atoms in total. The standard InChI is InChI=1S/C25H27N5O5S/c26-36(33,34)23-10-8-20(9-11-23)24-18-30(28-27-24)21(15-19-5-2-1-3-6-19)16-29(13-12-25(31)32)17-22-7-4-14-35-22/h1-11,14,18,21H,12-13,15-17H2,(H,31,32)(H2,26,33,34). The number of hydrogen-bond acceptors (Lipinski definition) is 7. The third kappa shape index (κ3) is 6.87. The summed E-state index contributed by atoms with van der Waals surface area (Å²) >= 11 is 0. The second-order valence-electron chi connectivity index (χ2n) is 8.45. The molecule has 0 radical (unpaired) electrons. The number of aromatic nitrogens is 3. The fourth-order valence-electron chi connectivity index (χ4n) is 3.94. The van der Waals surface area contributed by atoms with Crippen LogP contribution >= 0.6 is 0 Å². The van der Waals surface area contributed by atoms with Crippen molar-refractivity contribution in [3.8, 4) is 11.3 Å². The van der Waals surface area contributed by atoms with E-state index in [0.717, 1.165) is 11.3 Å². The minimum Gasteiger partial charge on any atom is -0.481 e. The molecule has 1 atom stereocenters. The van der Waals surface area contributed by atoms with Crippen LogP contribution in [0, 0.1) is 0 Å². The van der Waals surface area contributed by atoms with Gasteiger partial charge in [0.1, 0.15) is 11.5 Å². The highest BCUT2D eigenvalue weighted by molar-refractivity contribution is 7.89. The van der Waals surface area contributed by atoms with Crippen LogP contribution in [0.2, 0.25) is 0 Å². The van der Waals surface area contributed by atoms with Crippen LogP contribution in [0.4, 0.5) is 0 Å². The lowest BCUT2D eigenvalue weighted by Crippen LogP contribution is -2.33. The van der Waals surface area contributed by atoms with Gasteiger partial charge in [-0.15, -0.1) is 5.10 Å². The smallest absolute Gasteiger partial charge is 0.304 e. The van der Waals surface area contributed by atoms with Crippen LogP contribution in [0.1, 0.15) is 23.8 Å². The molecule has 4 rings (SSSR count). The molecule has 0 saturated heterocycles. The van der Waals surface area contributed by atoms with Crippen LogP contribution in [0.5, 0.6) is 0 Å². The highest BCUT2D eigenvalue weighted by atomic mass is 32.2. The van der Waals surface area contributed by atoms with Crippen molar-refractivity contribution >= 4 is 16.0 Å². The Morgan fingerprint density at radius 1 is 1.08 bits per heavy atom. The highest BCUT2D eigenvalue weighted by Crippen LogP contribution is 2.22. The lowest BCUT2D eigenvalue weighted by molar-refractivity contribution is -0.137. The molecule has 36 heavy (non-hydrogen) atoms. The average Bonchev–Trinajstić information content (AvgIpc) is 3.55. The molecule has 0 aliphatic rings. The van der Waals surface area contributed by atoms with Crippen molar-refractivity contribution in [2.24, 2.45) is 5.14 Å². The van der Waals surface area contributed by atoms with E-state index in [0.29, 0.717) is 37.3 Å². The van der Waals surface area contributed by atoms with Crippen LogP contribution in [0.3, 0.4) is 0 Å². The molecular formula is C25H27N5O5S. The minimum absolute atomic E-state index is 0.00221. The van der Waals surface area contributed by atoms with Crippen molar-refractivity contribution in [1.29, 1.82) is 0 Å². The molecule has 11 heteroatoms. The maximum absolute atomic E-state index is 11.6. The van der Waals surface area contributed by atoms with Crippen LogP contribution in [0.25, 0.3) is 11.3 Å². The van der Waals surface area contributed by atoms with Crippen LogP contribution in [0.15, 0.2) is 88.5 Å². The normalized spacial score (nSPS) is 12.6. The van der Waals surface area contributed by atoms with E-state index in [9.17, 15) is 18.3 Å². The summed E-state index contributed by atoms with van der Waals surface area (Å²) in [6, 6.07) is 19.6. The summed E-state index contributed by atoms with van der Waals surface area (Å²) in [4.78, 5) is 13.3. The predicted molar refractivity (Wildman–Crippen MR) is 132 cm³/mol. The second kappa shape index (κ2) is 11.3. The second-order valence-corrected chi connectivity index (χ2v) is 10.0. The van der Waals surface area contributed by atoms with Crippen molar-refractivity contribution in [2.45, 2.75) is 30.3 Å². The van der Waals surface area contributed by atoms with Crippen LogP contribution < -0.4 is 5.14 Å². The quantitative estimate of drug-likeness (QED) is 0.297. The van der Waals surface area contributed by atoms with E-state index < -0.39 is 16.0 Å². The lowest BCUT2D eigenvalue weighted by atomic mass is 10.1. The molecule has 0 fully saturated rings. The zero-order valence-corrected chi connectivity index (χ0v) is 20.3. The van der Waals surface area contributed by atoms with Crippen LogP contribution in [-0.2, 0) is 27.8 Å². The van der Waals surface area contributed by atoms with Crippen molar-refractivity contribution in [3.05, 3.63) is 90.5 Å². The van der Waals surface area contributed by atoms with E-state index in [2.05, 4.69) is 10.3 Å². The van der Waals surface area contributed by atoms with Crippen LogP contribution in [-0.4, -0.2) is 52.5 Å². The number of rotatable bonds is 12. The number of hydrogen-bond donors (Lipinski definition) is 2. The van der Waals surface area contributed by atoms with Gasteiger partial charge in [-0.05, 0) is 36.2 Å². The van der Waals surface area contributed by atoms with Gasteiger partial charge >= 0.3 is 5.97 Å². The van der Waals surface area contributed by atoms with Crippen molar-refractivity contribution in [3.63, 3.8) is 0 Å². The van der Waals surface area contributed by atoms with Gasteiger partial charge < -0.3 is 9.52 Å². The van der Waals surface area contributed by atoms with Gasteiger partial charge in [0.15, 0.2) is 0 Å². The third-order valence-corrected chi connectivity index (χ3v) is 6.68. The van der Waals surface area contributed by atoms with Crippen molar-refractivity contribution in [1.82, 2.24) is 19.9 Å². The number of furan rings is 1. The van der Waals surface area contributed by atoms with E-state index in [-0.39, 0.29) is 17.4 Å². The molecule has 3 N–H and O–H groups in total. The van der Waals surface area contributed by atoms with Gasteiger partial charge in [0.05, 0.1) is 36.4 Å². The molecule has 0 amide bonds. The Kier molecular flexibility index (Phi) is 7.93. The molecule has 0 saturated carbocycles. The molecule has 0 aliphatic heterocycles. The van der Waals surface area contributed by atoms with Crippen molar-refractivity contribution < 1.29 is 22.7 Å². The molecule has 4 aromatic rings. The number of primary sulfonamides is 1. The SMILES string of the molecule is NS(=O)(=O)c1ccc(-c2cn(C(Cc3ccccc3)CN(CCC(=O)O)Cc3ccco3)nn2)cc1. The Hall–Kier alpha value is -3.80. The maximum Gasteiger partial charge on any atom is 0.304 e. The molecule has 188 valence electrons. The number of carboxylic acid groups (broad SMARTS) is 1. The number of benzene rings is 2. The van der Waals surface area contributed by atoms with Gasteiger partial charge in [0.25, 0.3) is 0 Å². The maximum atomic E-state index is 11.6. The minimum atomic E-state index is -3.79. The first-order valence-electron chi connectivity index (χ1n) is 11.3. The number of aliphatic carboxylic acids is 1. The number of carbonyl (C=O) groups is 1. The van der Waals surface area contributed by atoms with E-state index in [1.165, 1.54) is 12.1 Å². The zero-order valence-electron chi connectivity index (χ0n) is 19.5. The molecule has 1 unspecified atom stereocenters. The van der Waals surface area contributed by atoms with Crippen molar-refractivity contribution in [2.75, 3.05) is 13.1 Å². The summed E-state index contributed by atoms with van der Waals surface area (Å²) in [7, 11) is -3.79. The molecule has 2 aromatic carbocycles. The topological polar surface area (TPSA) is 145 Å². The lowest BCUT2D eigenvalue weighted by Gasteiger charge is -2.26. The third-order valence-electron chi connectivity index (χ3n) is 5.75. The molecule has 2 aromatic heterocycles. The summed E-state index contributed by atoms with van der Waals surface area (Å²) in [5.41, 5.74) is 2.39. The number of nitrogens with zero attached hydrogens (tertiary/aromatic N) is 4. The fourth-order valence-corrected chi connectivity index (χ4v) is 4.46. The summed E-state index contributed by atoms with van der Waals surface area (Å²) in [6.45, 7) is 1.32. The first-order valence-corrected chi connectivity index (χ1v) is 12.9. The Balaban J connectivity index is 1.60. The number of sulfonamides is 1. The summed E-state index contributed by atoms with van der Waals surface area (Å²) in [5, 5.41) is 23.1. The largest absolute Gasteiger partial charge is 0.481 e. The van der Waals surface area contributed by atoms with Gasteiger partial charge in [0, 0.05) is 18.7 Å². The predicted octanol–water partition coefficient (Wildman–Crippen LogP) is 2.95. The van der Waals surface area contributed by atoms with E-state index in [4.69, 9.17) is 9.56 Å². The van der Waals surface area contributed by atoms with Gasteiger partial charge in [-0.3, -0.25) is 9.69 Å². The van der Waals surface area contributed by atoms with Gasteiger partial charge in [-0.25, -0.2) is 18.2 Å². The molecule has 0 bridgehead atoms. The zero-order chi connectivity index (χ0) is 25.5. The van der Waals surface area contributed by atoms with Gasteiger partial charge in [-0.1, -0.05) is 47.7 Å². The number of nitrogens with two attached hydrogens (primary N) is 1. The summed E-state index contributed by atoms with van der Waals surface area (Å²) in [5.74, 6) is -0.127. The van der Waals surface area contributed by atoms with Gasteiger partial charge in [-0.2, -0.15) is 0 Å².